The van der Waals surface area contributed by atoms with Crippen molar-refractivity contribution in [3.8, 4) is 0 Å². The Hall–Kier alpha value is -0.500. The summed E-state index contributed by atoms with van der Waals surface area (Å²) >= 11 is 0. The first-order chi connectivity index (χ1) is 37.5. The molecule has 0 saturated carbocycles. The SMILES string of the molecule is CCCCCCCCCCCCCCCCCCCCCCCCCCCCCCCCCCC(=O)NC(COP(=O)(O)OCC[N+](C)(C)C)C(O)CCCCCCCCCCCCCCCCCCCCCCCCC. The van der Waals surface area contributed by atoms with Crippen molar-refractivity contribution >= 4 is 13.7 Å². The van der Waals surface area contributed by atoms with E-state index in [-0.39, 0.29) is 19.1 Å². The monoisotopic (exact) mass is 1110 g/mol. The number of amides is 1. The summed E-state index contributed by atoms with van der Waals surface area (Å²) in [6.45, 7) is 4.97. The number of phosphoric acid groups is 1. The molecule has 3 unspecified atom stereocenters. The highest BCUT2D eigenvalue weighted by atomic mass is 31.2. The number of aliphatic hydroxyl groups is 1. The van der Waals surface area contributed by atoms with Gasteiger partial charge in [-0.3, -0.25) is 13.8 Å². The zero-order valence-corrected chi connectivity index (χ0v) is 53.9. The van der Waals surface area contributed by atoms with Gasteiger partial charge in [-0.2, -0.15) is 0 Å². The predicted octanol–water partition coefficient (Wildman–Crippen LogP) is 21.9. The van der Waals surface area contributed by atoms with Gasteiger partial charge in [0.2, 0.25) is 5.91 Å². The topological polar surface area (TPSA) is 105 Å². The minimum atomic E-state index is -4.32. The van der Waals surface area contributed by atoms with Crippen LogP contribution >= 0.6 is 7.82 Å². The fraction of sp³-hybridized carbons (Fsp3) is 0.985. The molecule has 0 aliphatic rings. The zero-order valence-electron chi connectivity index (χ0n) is 53.0. The summed E-state index contributed by atoms with van der Waals surface area (Å²) in [6.07, 6.45) is 74.9. The van der Waals surface area contributed by atoms with Crippen molar-refractivity contribution in [2.45, 2.75) is 392 Å². The van der Waals surface area contributed by atoms with Crippen LogP contribution in [0.4, 0.5) is 0 Å². The number of carbonyl (C=O) groups is 1. The van der Waals surface area contributed by atoms with Gasteiger partial charge in [0, 0.05) is 6.42 Å². The lowest BCUT2D eigenvalue weighted by Gasteiger charge is -2.26. The van der Waals surface area contributed by atoms with E-state index in [2.05, 4.69) is 19.2 Å². The Morgan fingerprint density at radius 2 is 0.623 bits per heavy atom. The summed E-state index contributed by atoms with van der Waals surface area (Å²) in [5.41, 5.74) is 0. The first-order valence-corrected chi connectivity index (χ1v) is 36.4. The Morgan fingerprint density at radius 3 is 0.870 bits per heavy atom. The second kappa shape index (κ2) is 60.1. The molecule has 3 N–H and O–H groups in total. The number of hydrogen-bond donors (Lipinski definition) is 3. The molecule has 8 nitrogen and oxygen atoms in total. The molecule has 0 fully saturated rings. The van der Waals surface area contributed by atoms with Crippen LogP contribution in [0.25, 0.3) is 0 Å². The van der Waals surface area contributed by atoms with Crippen LogP contribution in [0.5, 0.6) is 0 Å². The van der Waals surface area contributed by atoms with E-state index >= 15 is 0 Å². The molecule has 0 heterocycles. The standard InChI is InChI=1S/C68H139N2O6P/c1-6-8-10-12-14-16-18-20-22-24-26-28-30-31-32-33-34-35-36-37-38-40-42-44-46-48-50-52-54-56-58-60-62-68(72)69-66(65-76-77(73,74)75-64-63-70(3,4)5)67(71)61-59-57-55-53-51-49-47-45-43-41-39-29-27-25-23-21-19-17-15-13-11-9-7-2/h66-67,71H,6-65H2,1-5H3,(H-,69,72,73,74)/p+1. The van der Waals surface area contributed by atoms with E-state index in [1.54, 1.807) is 0 Å². The van der Waals surface area contributed by atoms with Gasteiger partial charge >= 0.3 is 7.82 Å². The molecule has 0 aromatic carbocycles. The Kier molecular flexibility index (Phi) is 59.7. The molecular weight excluding hydrogens is 972 g/mol. The van der Waals surface area contributed by atoms with Crippen LogP contribution in [0.15, 0.2) is 0 Å². The quantitative estimate of drug-likeness (QED) is 0.0318. The van der Waals surface area contributed by atoms with Crippen molar-refractivity contribution < 1.29 is 32.9 Å². The van der Waals surface area contributed by atoms with E-state index in [4.69, 9.17) is 9.05 Å². The van der Waals surface area contributed by atoms with Crippen LogP contribution in [0.2, 0.25) is 0 Å². The number of rotatable bonds is 66. The van der Waals surface area contributed by atoms with Crippen molar-refractivity contribution in [2.75, 3.05) is 40.9 Å². The summed E-state index contributed by atoms with van der Waals surface area (Å²) < 4.78 is 23.9. The van der Waals surface area contributed by atoms with E-state index < -0.39 is 20.0 Å². The van der Waals surface area contributed by atoms with Crippen molar-refractivity contribution in [2.24, 2.45) is 0 Å². The molecule has 0 aromatic heterocycles. The second-order valence-electron chi connectivity index (χ2n) is 25.6. The van der Waals surface area contributed by atoms with E-state index in [0.29, 0.717) is 23.9 Å². The van der Waals surface area contributed by atoms with Gasteiger partial charge < -0.3 is 19.8 Å². The minimum absolute atomic E-state index is 0.0794. The van der Waals surface area contributed by atoms with Crippen LogP contribution in [0.3, 0.4) is 0 Å². The van der Waals surface area contributed by atoms with Gasteiger partial charge in [-0.05, 0) is 12.8 Å². The smallest absolute Gasteiger partial charge is 0.391 e. The van der Waals surface area contributed by atoms with Gasteiger partial charge in [0.25, 0.3) is 0 Å². The van der Waals surface area contributed by atoms with Crippen LogP contribution < -0.4 is 5.32 Å². The van der Waals surface area contributed by atoms with Gasteiger partial charge in [-0.25, -0.2) is 4.57 Å². The molecule has 0 radical (unpaired) electrons. The van der Waals surface area contributed by atoms with Gasteiger partial charge in [0.15, 0.2) is 0 Å². The van der Waals surface area contributed by atoms with Gasteiger partial charge in [-0.15, -0.1) is 0 Å². The molecule has 9 heteroatoms. The Bertz CT molecular complexity index is 1220. The third-order valence-electron chi connectivity index (χ3n) is 16.6. The highest BCUT2D eigenvalue weighted by Gasteiger charge is 2.28. The maximum Gasteiger partial charge on any atom is 0.472 e. The molecule has 0 aliphatic carbocycles. The number of nitrogens with zero attached hydrogens (tertiary/aromatic N) is 1. The molecule has 0 saturated heterocycles. The number of quaternary nitrogens is 1. The van der Waals surface area contributed by atoms with Crippen LogP contribution in [0, 0.1) is 0 Å². The van der Waals surface area contributed by atoms with Gasteiger partial charge in [0.1, 0.15) is 13.2 Å². The summed E-state index contributed by atoms with van der Waals surface area (Å²) in [7, 11) is 1.64. The van der Waals surface area contributed by atoms with E-state index in [9.17, 15) is 19.4 Å². The molecule has 77 heavy (non-hydrogen) atoms. The maximum atomic E-state index is 13.1. The third kappa shape index (κ3) is 62.9. The summed E-state index contributed by atoms with van der Waals surface area (Å²) in [6, 6.07) is -0.756. The highest BCUT2D eigenvalue weighted by molar-refractivity contribution is 7.47. The zero-order chi connectivity index (χ0) is 56.3. The number of aliphatic hydroxyl groups excluding tert-OH is 1. The summed E-state index contributed by atoms with van der Waals surface area (Å²) in [5, 5.41) is 14.1. The number of likely N-dealkylation sites (N-methyl/N-ethyl adjacent to an activating group) is 1. The molecule has 0 aliphatic heterocycles. The first kappa shape index (κ1) is 76.5. The van der Waals surface area contributed by atoms with Crippen LogP contribution in [0.1, 0.15) is 380 Å². The van der Waals surface area contributed by atoms with Crippen molar-refractivity contribution in [3.63, 3.8) is 0 Å². The first-order valence-electron chi connectivity index (χ1n) is 34.9. The molecule has 462 valence electrons. The van der Waals surface area contributed by atoms with Crippen molar-refractivity contribution in [1.29, 1.82) is 0 Å². The Balaban J connectivity index is 3.96. The van der Waals surface area contributed by atoms with Crippen molar-refractivity contribution in [1.82, 2.24) is 5.32 Å². The normalized spacial score (nSPS) is 13.6. The number of nitrogens with one attached hydrogen (secondary N) is 1. The molecule has 0 bridgehead atoms. The van der Waals surface area contributed by atoms with Crippen molar-refractivity contribution in [3.05, 3.63) is 0 Å². The molecule has 0 rings (SSSR count). The molecule has 0 aromatic rings. The molecule has 1 amide bonds. The lowest BCUT2D eigenvalue weighted by molar-refractivity contribution is -0.870. The van der Waals surface area contributed by atoms with Crippen LogP contribution in [-0.2, 0) is 18.4 Å². The summed E-state index contributed by atoms with van der Waals surface area (Å²) in [4.78, 5) is 23.4. The second-order valence-corrected chi connectivity index (χ2v) is 27.1. The summed E-state index contributed by atoms with van der Waals surface area (Å²) in [5.74, 6) is -0.133. The number of carbonyl (C=O) groups excluding carboxylic acids is 1. The fourth-order valence-corrected chi connectivity index (χ4v) is 11.9. The number of hydrogen-bond acceptors (Lipinski definition) is 5. The average molecular weight is 1110 g/mol. The highest BCUT2D eigenvalue weighted by Crippen LogP contribution is 2.43. The lowest BCUT2D eigenvalue weighted by Crippen LogP contribution is -2.46. The molecule has 3 atom stereocenters. The minimum Gasteiger partial charge on any atom is -0.391 e. The molecule has 0 spiro atoms. The number of phosphoric ester groups is 1. The Morgan fingerprint density at radius 1 is 0.390 bits per heavy atom. The van der Waals surface area contributed by atoms with Gasteiger partial charge in [0.05, 0.1) is 39.9 Å². The average Bonchev–Trinajstić information content (AvgIpc) is 3.39. The lowest BCUT2D eigenvalue weighted by atomic mass is 10.0. The largest absolute Gasteiger partial charge is 0.472 e. The Labute approximate surface area is 482 Å². The molecular formula is C68H140N2O6P+. The predicted molar refractivity (Wildman–Crippen MR) is 337 cm³/mol. The van der Waals surface area contributed by atoms with Gasteiger partial charge in [-0.1, -0.05) is 361 Å². The van der Waals surface area contributed by atoms with E-state index in [1.165, 1.54) is 315 Å². The third-order valence-corrected chi connectivity index (χ3v) is 17.6. The van der Waals surface area contributed by atoms with Crippen LogP contribution in [-0.4, -0.2) is 73.4 Å². The van der Waals surface area contributed by atoms with E-state index in [1.807, 2.05) is 21.1 Å². The maximum absolute atomic E-state index is 13.1. The number of unbranched alkanes of at least 4 members (excludes halogenated alkanes) is 53. The van der Waals surface area contributed by atoms with E-state index in [0.717, 1.165) is 38.5 Å². The fourth-order valence-electron chi connectivity index (χ4n) is 11.2.